The summed E-state index contributed by atoms with van der Waals surface area (Å²) in [6, 6.07) is 12.2. The molecule has 1 aromatic heterocycles. The summed E-state index contributed by atoms with van der Waals surface area (Å²) in [5.74, 6) is 1.80. The normalized spacial score (nSPS) is 13.8. The van der Waals surface area contributed by atoms with Crippen molar-refractivity contribution in [1.82, 2.24) is 14.8 Å². The van der Waals surface area contributed by atoms with Crippen molar-refractivity contribution in [2.75, 3.05) is 66.0 Å². The number of amides is 2. The van der Waals surface area contributed by atoms with Gasteiger partial charge in [-0.25, -0.2) is 4.79 Å². The van der Waals surface area contributed by atoms with E-state index in [4.69, 9.17) is 18.9 Å². The minimum Gasteiger partial charge on any atom is -0.497 e. The van der Waals surface area contributed by atoms with Crippen LogP contribution in [0.2, 0.25) is 0 Å². The van der Waals surface area contributed by atoms with Crippen molar-refractivity contribution in [2.24, 2.45) is 0 Å². The number of nitrogens with one attached hydrogen (secondary N) is 2. The molecule has 1 aliphatic heterocycles. The van der Waals surface area contributed by atoms with E-state index in [1.165, 1.54) is 0 Å². The average molecular weight is 511 g/mol. The Morgan fingerprint density at radius 2 is 1.73 bits per heavy atom. The third-order valence-electron chi connectivity index (χ3n) is 6.42. The van der Waals surface area contributed by atoms with Gasteiger partial charge < -0.3 is 34.1 Å². The number of methoxy groups -OCH3 is 3. The van der Waals surface area contributed by atoms with E-state index in [0.717, 1.165) is 44.7 Å². The summed E-state index contributed by atoms with van der Waals surface area (Å²) >= 11 is 0. The Hall–Kier alpha value is -3.76. The van der Waals surface area contributed by atoms with Gasteiger partial charge in [-0.1, -0.05) is 0 Å². The first-order valence-electron chi connectivity index (χ1n) is 12.3. The fraction of sp³-hybridized carbons (Fsp3) is 0.407. The van der Waals surface area contributed by atoms with E-state index in [0.29, 0.717) is 40.6 Å². The van der Waals surface area contributed by atoms with Gasteiger partial charge in [-0.15, -0.1) is 0 Å². The van der Waals surface area contributed by atoms with Gasteiger partial charge in [0.1, 0.15) is 5.75 Å². The zero-order chi connectivity index (χ0) is 26.2. The Morgan fingerprint density at radius 1 is 1.03 bits per heavy atom. The van der Waals surface area contributed by atoms with Crippen molar-refractivity contribution in [3.8, 4) is 17.2 Å². The zero-order valence-corrected chi connectivity index (χ0v) is 21.5. The number of ether oxygens (including phenoxy) is 4. The number of H-pyrrole nitrogens is 1. The lowest BCUT2D eigenvalue weighted by molar-refractivity contribution is 0.0365. The Morgan fingerprint density at radius 3 is 2.41 bits per heavy atom. The van der Waals surface area contributed by atoms with Crippen LogP contribution in [-0.2, 0) is 11.3 Å². The molecule has 2 heterocycles. The molecule has 4 rings (SSSR count). The lowest BCUT2D eigenvalue weighted by Crippen LogP contribution is -2.40. The minimum absolute atomic E-state index is 0.157. The molecule has 2 aromatic carbocycles. The van der Waals surface area contributed by atoms with Crippen LogP contribution < -0.4 is 25.1 Å². The molecule has 37 heavy (non-hydrogen) atoms. The van der Waals surface area contributed by atoms with Crippen LogP contribution in [0.4, 0.5) is 10.5 Å². The molecule has 2 N–H and O–H groups in total. The molecule has 2 amide bonds. The number of carbonyl (C=O) groups excluding carboxylic acids is 1. The molecule has 0 bridgehead atoms. The van der Waals surface area contributed by atoms with E-state index in [9.17, 15) is 9.59 Å². The van der Waals surface area contributed by atoms with Crippen LogP contribution in [0.15, 0.2) is 47.3 Å². The van der Waals surface area contributed by atoms with E-state index in [-0.39, 0.29) is 18.1 Å². The lowest BCUT2D eigenvalue weighted by Gasteiger charge is -2.28. The van der Waals surface area contributed by atoms with Gasteiger partial charge in [0.25, 0.3) is 5.56 Å². The van der Waals surface area contributed by atoms with Crippen LogP contribution in [0.3, 0.4) is 0 Å². The molecule has 10 nitrogen and oxygen atoms in total. The highest BCUT2D eigenvalue weighted by Gasteiger charge is 2.18. The fourth-order valence-corrected chi connectivity index (χ4v) is 4.34. The molecule has 0 saturated carbocycles. The number of anilines is 1. The molecule has 1 saturated heterocycles. The van der Waals surface area contributed by atoms with Crippen LogP contribution in [0.1, 0.15) is 12.0 Å². The van der Waals surface area contributed by atoms with Gasteiger partial charge >= 0.3 is 6.03 Å². The number of morpholine rings is 1. The minimum atomic E-state index is -0.279. The number of hydrogen-bond donors (Lipinski definition) is 2. The van der Waals surface area contributed by atoms with Crippen molar-refractivity contribution in [3.05, 3.63) is 58.4 Å². The summed E-state index contributed by atoms with van der Waals surface area (Å²) in [6.45, 7) is 4.71. The van der Waals surface area contributed by atoms with Gasteiger partial charge in [-0.05, 0) is 42.8 Å². The van der Waals surface area contributed by atoms with E-state index in [1.807, 2.05) is 6.07 Å². The molecule has 0 spiro atoms. The molecular formula is C27H34N4O6. The second kappa shape index (κ2) is 12.5. The molecule has 10 heteroatoms. The summed E-state index contributed by atoms with van der Waals surface area (Å²) < 4.78 is 21.4. The van der Waals surface area contributed by atoms with Crippen molar-refractivity contribution in [3.63, 3.8) is 0 Å². The number of aromatic amines is 1. The molecule has 3 aromatic rings. The van der Waals surface area contributed by atoms with Crippen molar-refractivity contribution in [1.29, 1.82) is 0 Å². The standard InChI is InChI=1S/C27H34N4O6/c1-34-22-7-5-21(6-8-22)28-27(33)31(10-4-9-30-11-13-37-14-12-30)18-20-15-19-16-24(35-2)25(36-3)17-23(19)29-26(20)32/h5-8,15-17H,4,9-14,18H2,1-3H3,(H,28,33)(H,29,32). The molecule has 0 unspecified atom stereocenters. The predicted octanol–water partition coefficient (Wildman–Crippen LogP) is 3.31. The van der Waals surface area contributed by atoms with Gasteiger partial charge in [0.2, 0.25) is 0 Å². The molecule has 0 aliphatic carbocycles. The monoisotopic (exact) mass is 510 g/mol. The second-order valence-electron chi connectivity index (χ2n) is 8.81. The maximum atomic E-state index is 13.3. The van der Waals surface area contributed by atoms with Crippen molar-refractivity contribution in [2.45, 2.75) is 13.0 Å². The average Bonchev–Trinajstić information content (AvgIpc) is 2.93. The lowest BCUT2D eigenvalue weighted by atomic mass is 10.1. The number of pyridine rings is 1. The van der Waals surface area contributed by atoms with Crippen LogP contribution in [0.25, 0.3) is 10.9 Å². The number of carbonyl (C=O) groups is 1. The van der Waals surface area contributed by atoms with Crippen molar-refractivity contribution < 1.29 is 23.7 Å². The Bertz CT molecular complexity index is 1250. The van der Waals surface area contributed by atoms with Gasteiger partial charge in [0, 0.05) is 48.9 Å². The topological polar surface area (TPSA) is 105 Å². The molecule has 1 fully saturated rings. The third-order valence-corrected chi connectivity index (χ3v) is 6.42. The number of aromatic nitrogens is 1. The second-order valence-corrected chi connectivity index (χ2v) is 8.81. The van der Waals surface area contributed by atoms with Gasteiger partial charge in [0.05, 0.1) is 46.6 Å². The summed E-state index contributed by atoms with van der Waals surface area (Å²) in [4.78, 5) is 33.2. The highest BCUT2D eigenvalue weighted by Crippen LogP contribution is 2.31. The fourth-order valence-electron chi connectivity index (χ4n) is 4.34. The van der Waals surface area contributed by atoms with Gasteiger partial charge in [-0.3, -0.25) is 9.69 Å². The first-order valence-corrected chi connectivity index (χ1v) is 12.3. The first kappa shape index (κ1) is 26.3. The SMILES string of the molecule is COc1ccc(NC(=O)N(CCCN2CCOCC2)Cc2cc3cc(OC)c(OC)cc3[nH]c2=O)cc1. The van der Waals surface area contributed by atoms with E-state index in [2.05, 4.69) is 15.2 Å². The maximum absolute atomic E-state index is 13.3. The van der Waals surface area contributed by atoms with E-state index in [1.54, 1.807) is 62.6 Å². The highest BCUT2D eigenvalue weighted by molar-refractivity contribution is 5.89. The smallest absolute Gasteiger partial charge is 0.322 e. The molecule has 198 valence electrons. The summed E-state index contributed by atoms with van der Waals surface area (Å²) in [5.41, 5.74) is 1.51. The largest absolute Gasteiger partial charge is 0.497 e. The van der Waals surface area contributed by atoms with Crippen LogP contribution in [0.5, 0.6) is 17.2 Å². The summed E-state index contributed by atoms with van der Waals surface area (Å²) in [5, 5.41) is 3.73. The first-order chi connectivity index (χ1) is 18.0. The number of benzene rings is 2. The van der Waals surface area contributed by atoms with E-state index < -0.39 is 0 Å². The van der Waals surface area contributed by atoms with Gasteiger partial charge in [0.15, 0.2) is 11.5 Å². The van der Waals surface area contributed by atoms with Crippen LogP contribution in [0, 0.1) is 0 Å². The summed E-state index contributed by atoms with van der Waals surface area (Å²) in [7, 11) is 4.71. The highest BCUT2D eigenvalue weighted by atomic mass is 16.5. The Balaban J connectivity index is 1.54. The molecule has 1 aliphatic rings. The molecular weight excluding hydrogens is 476 g/mol. The Labute approximate surface area is 216 Å². The van der Waals surface area contributed by atoms with Crippen LogP contribution in [-0.4, -0.2) is 81.5 Å². The van der Waals surface area contributed by atoms with Gasteiger partial charge in [-0.2, -0.15) is 0 Å². The number of nitrogens with zero attached hydrogens (tertiary/aromatic N) is 2. The maximum Gasteiger partial charge on any atom is 0.322 e. The third kappa shape index (κ3) is 6.72. The number of fused-ring (bicyclic) bond motifs is 1. The molecule has 0 radical (unpaired) electrons. The molecule has 0 atom stereocenters. The quantitative estimate of drug-likeness (QED) is 0.431. The zero-order valence-electron chi connectivity index (χ0n) is 21.5. The van der Waals surface area contributed by atoms with Crippen molar-refractivity contribution >= 4 is 22.6 Å². The predicted molar refractivity (Wildman–Crippen MR) is 142 cm³/mol. The summed E-state index contributed by atoms with van der Waals surface area (Å²) in [6.07, 6.45) is 0.770. The number of rotatable bonds is 10. The van der Waals surface area contributed by atoms with E-state index >= 15 is 0 Å². The van der Waals surface area contributed by atoms with Crippen LogP contribution >= 0.6 is 0 Å². The number of urea groups is 1. The number of hydrogen-bond acceptors (Lipinski definition) is 7. The Kier molecular flexibility index (Phi) is 8.86.